The van der Waals surface area contributed by atoms with Gasteiger partial charge < -0.3 is 9.64 Å². The Morgan fingerprint density at radius 2 is 1.76 bits per heavy atom. The molecule has 3 rings (SSSR count). The second-order valence-corrected chi connectivity index (χ2v) is 6.50. The van der Waals surface area contributed by atoms with Crippen molar-refractivity contribution in [1.29, 1.82) is 0 Å². The van der Waals surface area contributed by atoms with Gasteiger partial charge in [-0.25, -0.2) is 0 Å². The van der Waals surface area contributed by atoms with Crippen molar-refractivity contribution in [2.75, 3.05) is 46.4 Å². The molecule has 21 heavy (non-hydrogen) atoms. The Balaban J connectivity index is 1.43. The highest BCUT2D eigenvalue weighted by molar-refractivity contribution is 5.20. The molecular weight excluding hydrogens is 260 g/mol. The molecule has 0 bridgehead atoms. The Hall–Kier alpha value is -0.900. The lowest BCUT2D eigenvalue weighted by molar-refractivity contribution is 0.0288. The van der Waals surface area contributed by atoms with Gasteiger partial charge in [0.25, 0.3) is 0 Å². The zero-order chi connectivity index (χ0) is 14.5. The lowest BCUT2D eigenvalue weighted by Gasteiger charge is -2.33. The van der Waals surface area contributed by atoms with Gasteiger partial charge in [-0.05, 0) is 43.8 Å². The minimum atomic E-state index is 0.453. The molecule has 0 amide bonds. The third-order valence-corrected chi connectivity index (χ3v) is 5.07. The van der Waals surface area contributed by atoms with Gasteiger partial charge >= 0.3 is 0 Å². The maximum Gasteiger partial charge on any atom is 0.0698 e. The molecule has 3 heteroatoms. The third kappa shape index (κ3) is 4.06. The summed E-state index contributed by atoms with van der Waals surface area (Å²) in [6.45, 7) is 7.25. The third-order valence-electron chi connectivity index (χ3n) is 5.07. The number of methoxy groups -OCH3 is 1. The van der Waals surface area contributed by atoms with Crippen LogP contribution in [0.3, 0.4) is 0 Å². The second-order valence-electron chi connectivity index (χ2n) is 6.50. The Kier molecular flexibility index (Phi) is 5.28. The van der Waals surface area contributed by atoms with Crippen molar-refractivity contribution in [3.63, 3.8) is 0 Å². The fourth-order valence-corrected chi connectivity index (χ4v) is 3.72. The van der Waals surface area contributed by atoms with Crippen LogP contribution in [0.1, 0.15) is 30.7 Å². The molecule has 2 atom stereocenters. The van der Waals surface area contributed by atoms with E-state index in [0.29, 0.717) is 6.10 Å². The predicted molar refractivity (Wildman–Crippen MR) is 86.7 cm³/mol. The molecule has 0 N–H and O–H groups in total. The van der Waals surface area contributed by atoms with E-state index in [9.17, 15) is 0 Å². The predicted octanol–water partition coefficient (Wildman–Crippen LogP) is 2.59. The number of benzene rings is 1. The molecule has 2 heterocycles. The zero-order valence-electron chi connectivity index (χ0n) is 13.2. The molecule has 0 radical (unpaired) electrons. The van der Waals surface area contributed by atoms with Crippen LogP contribution < -0.4 is 0 Å². The van der Waals surface area contributed by atoms with E-state index >= 15 is 0 Å². The molecule has 3 nitrogen and oxygen atoms in total. The normalized spacial score (nSPS) is 28.0. The van der Waals surface area contributed by atoms with Gasteiger partial charge in [0, 0.05) is 33.3 Å². The van der Waals surface area contributed by atoms with Crippen LogP contribution in [0.4, 0.5) is 0 Å². The van der Waals surface area contributed by atoms with Gasteiger partial charge in [0.05, 0.1) is 6.10 Å². The van der Waals surface area contributed by atoms with E-state index < -0.39 is 0 Å². The molecule has 0 aliphatic carbocycles. The van der Waals surface area contributed by atoms with Crippen LogP contribution in [0.5, 0.6) is 0 Å². The average molecular weight is 288 g/mol. The highest BCUT2D eigenvalue weighted by Gasteiger charge is 2.25. The first-order chi connectivity index (χ1) is 10.3. The van der Waals surface area contributed by atoms with Crippen molar-refractivity contribution in [3.05, 3.63) is 35.9 Å². The topological polar surface area (TPSA) is 15.7 Å². The summed E-state index contributed by atoms with van der Waals surface area (Å²) in [4.78, 5) is 5.21. The van der Waals surface area contributed by atoms with Crippen LogP contribution in [-0.4, -0.2) is 62.3 Å². The molecule has 2 aliphatic heterocycles. The van der Waals surface area contributed by atoms with Crippen molar-refractivity contribution in [2.45, 2.75) is 31.3 Å². The second kappa shape index (κ2) is 7.39. The summed E-state index contributed by atoms with van der Waals surface area (Å²) in [7, 11) is 1.85. The minimum absolute atomic E-state index is 0.453. The van der Waals surface area contributed by atoms with Crippen molar-refractivity contribution < 1.29 is 4.74 Å². The summed E-state index contributed by atoms with van der Waals surface area (Å²) in [6.07, 6.45) is 4.28. The van der Waals surface area contributed by atoms with Gasteiger partial charge in [-0.2, -0.15) is 0 Å². The Bertz CT molecular complexity index is 422. The highest BCUT2D eigenvalue weighted by atomic mass is 16.5. The standard InChI is InChI=1S/C18H28N2O/c1-21-18-8-5-10-19(15-18)12-13-20-11-9-17(14-20)16-6-3-2-4-7-16/h2-4,6-7,17-18H,5,8-15H2,1H3/t17-,18+/m1/s1. The smallest absolute Gasteiger partial charge is 0.0698 e. The van der Waals surface area contributed by atoms with Gasteiger partial charge in [0.2, 0.25) is 0 Å². The van der Waals surface area contributed by atoms with E-state index in [-0.39, 0.29) is 0 Å². The SMILES string of the molecule is CO[C@H]1CCCN(CCN2CC[C@@H](c3ccccc3)C2)C1. The van der Waals surface area contributed by atoms with Crippen LogP contribution in [-0.2, 0) is 4.74 Å². The quantitative estimate of drug-likeness (QED) is 0.828. The first kappa shape index (κ1) is 15.0. The van der Waals surface area contributed by atoms with Crippen molar-refractivity contribution >= 4 is 0 Å². The zero-order valence-corrected chi connectivity index (χ0v) is 13.2. The van der Waals surface area contributed by atoms with Gasteiger partial charge in [-0.15, -0.1) is 0 Å². The monoisotopic (exact) mass is 288 g/mol. The van der Waals surface area contributed by atoms with Crippen molar-refractivity contribution in [1.82, 2.24) is 9.80 Å². The molecule has 116 valence electrons. The summed E-state index contributed by atoms with van der Waals surface area (Å²) in [6, 6.07) is 11.0. The number of hydrogen-bond donors (Lipinski definition) is 0. The Labute approximate surface area is 128 Å². The van der Waals surface area contributed by atoms with E-state index in [4.69, 9.17) is 4.74 Å². The van der Waals surface area contributed by atoms with Crippen LogP contribution >= 0.6 is 0 Å². The molecule has 1 aromatic carbocycles. The lowest BCUT2D eigenvalue weighted by Crippen LogP contribution is -2.42. The summed E-state index contributed by atoms with van der Waals surface area (Å²) in [5, 5.41) is 0. The molecule has 0 saturated carbocycles. The number of nitrogens with zero attached hydrogens (tertiary/aromatic N) is 2. The van der Waals surface area contributed by atoms with E-state index in [1.165, 1.54) is 57.5 Å². The van der Waals surface area contributed by atoms with Crippen LogP contribution in [0.15, 0.2) is 30.3 Å². The summed E-state index contributed by atoms with van der Waals surface area (Å²) < 4.78 is 5.51. The van der Waals surface area contributed by atoms with Crippen molar-refractivity contribution in [2.24, 2.45) is 0 Å². The minimum Gasteiger partial charge on any atom is -0.380 e. The summed E-state index contributed by atoms with van der Waals surface area (Å²) in [5.74, 6) is 0.735. The fourth-order valence-electron chi connectivity index (χ4n) is 3.72. The number of ether oxygens (including phenoxy) is 1. The van der Waals surface area contributed by atoms with Crippen molar-refractivity contribution in [3.8, 4) is 0 Å². The molecule has 2 saturated heterocycles. The average Bonchev–Trinajstić information content (AvgIpc) is 3.03. The maximum atomic E-state index is 5.51. The van der Waals surface area contributed by atoms with Crippen LogP contribution in [0.2, 0.25) is 0 Å². The molecular formula is C18H28N2O. The summed E-state index contributed by atoms with van der Waals surface area (Å²) in [5.41, 5.74) is 1.51. The van der Waals surface area contributed by atoms with E-state index in [0.717, 1.165) is 12.5 Å². The van der Waals surface area contributed by atoms with E-state index in [2.05, 4.69) is 40.1 Å². The van der Waals surface area contributed by atoms with Gasteiger partial charge in [0.15, 0.2) is 0 Å². The van der Waals surface area contributed by atoms with Crippen LogP contribution in [0.25, 0.3) is 0 Å². The fraction of sp³-hybridized carbons (Fsp3) is 0.667. The van der Waals surface area contributed by atoms with Gasteiger partial charge in [-0.1, -0.05) is 30.3 Å². The lowest BCUT2D eigenvalue weighted by atomic mass is 9.99. The first-order valence-electron chi connectivity index (χ1n) is 8.37. The molecule has 0 aromatic heterocycles. The first-order valence-corrected chi connectivity index (χ1v) is 8.37. The molecule has 0 unspecified atom stereocenters. The molecule has 1 aromatic rings. The van der Waals surface area contributed by atoms with E-state index in [1.807, 2.05) is 7.11 Å². The molecule has 2 aliphatic rings. The molecule has 0 spiro atoms. The Morgan fingerprint density at radius 3 is 2.52 bits per heavy atom. The maximum absolute atomic E-state index is 5.51. The van der Waals surface area contributed by atoms with Gasteiger partial charge in [0.1, 0.15) is 0 Å². The summed E-state index contributed by atoms with van der Waals surface area (Å²) >= 11 is 0. The Morgan fingerprint density at radius 1 is 1.00 bits per heavy atom. The largest absolute Gasteiger partial charge is 0.380 e. The van der Waals surface area contributed by atoms with Gasteiger partial charge in [-0.3, -0.25) is 4.90 Å². The number of hydrogen-bond acceptors (Lipinski definition) is 3. The number of likely N-dealkylation sites (tertiary alicyclic amines) is 2. The highest BCUT2D eigenvalue weighted by Crippen LogP contribution is 2.26. The van der Waals surface area contributed by atoms with Crippen LogP contribution in [0, 0.1) is 0 Å². The number of rotatable bonds is 5. The molecule has 2 fully saturated rings. The number of piperidine rings is 1. The van der Waals surface area contributed by atoms with E-state index in [1.54, 1.807) is 0 Å².